The molecule has 0 aromatic carbocycles. The Kier molecular flexibility index (Phi) is 4.78. The number of hydrogen-bond acceptors (Lipinski definition) is 3. The van der Waals surface area contributed by atoms with Gasteiger partial charge in [0.2, 0.25) is 0 Å². The maximum Gasteiger partial charge on any atom is 0.0524 e. The Morgan fingerprint density at radius 3 is 2.83 bits per heavy atom. The number of hydrogen-bond donors (Lipinski definition) is 1. The molecule has 4 heteroatoms. The van der Waals surface area contributed by atoms with E-state index in [2.05, 4.69) is 46.8 Å². The molecule has 2 rings (SSSR count). The summed E-state index contributed by atoms with van der Waals surface area (Å²) < 4.78 is 2.11. The van der Waals surface area contributed by atoms with Crippen LogP contribution in [0.1, 0.15) is 39.3 Å². The molecule has 2 heterocycles. The summed E-state index contributed by atoms with van der Waals surface area (Å²) in [5.74, 6) is 0. The van der Waals surface area contributed by atoms with Gasteiger partial charge in [-0.05, 0) is 25.8 Å². The fourth-order valence-electron chi connectivity index (χ4n) is 2.79. The molecule has 0 aliphatic carbocycles. The second-order valence-corrected chi connectivity index (χ2v) is 5.14. The zero-order valence-corrected chi connectivity index (χ0v) is 11.9. The minimum absolute atomic E-state index is 0.644. The molecule has 4 nitrogen and oxygen atoms in total. The van der Waals surface area contributed by atoms with Crippen molar-refractivity contribution in [3.05, 3.63) is 18.0 Å². The number of aromatic nitrogens is 2. The minimum atomic E-state index is 0.644. The second-order valence-electron chi connectivity index (χ2n) is 5.14. The molecule has 1 N–H and O–H groups in total. The second kappa shape index (κ2) is 6.34. The van der Waals surface area contributed by atoms with Crippen LogP contribution in [0.15, 0.2) is 12.3 Å². The number of piperazine rings is 1. The lowest BCUT2D eigenvalue weighted by Crippen LogP contribution is -2.55. The van der Waals surface area contributed by atoms with Crippen molar-refractivity contribution >= 4 is 0 Å². The van der Waals surface area contributed by atoms with E-state index in [1.165, 1.54) is 18.5 Å². The lowest BCUT2D eigenvalue weighted by molar-refractivity contribution is 0.114. The van der Waals surface area contributed by atoms with Crippen molar-refractivity contribution < 1.29 is 0 Å². The summed E-state index contributed by atoms with van der Waals surface area (Å²) in [6.45, 7) is 11.0. The number of rotatable bonds is 5. The Morgan fingerprint density at radius 2 is 2.17 bits per heavy atom. The normalized spacial score (nSPS) is 25.5. The van der Waals surface area contributed by atoms with Crippen LogP contribution in [0.2, 0.25) is 0 Å². The molecule has 1 saturated heterocycles. The molecule has 0 amide bonds. The van der Waals surface area contributed by atoms with Gasteiger partial charge < -0.3 is 5.32 Å². The summed E-state index contributed by atoms with van der Waals surface area (Å²) in [4.78, 5) is 2.62. The van der Waals surface area contributed by atoms with E-state index in [0.717, 1.165) is 26.2 Å². The molecular weight excluding hydrogens is 224 g/mol. The molecule has 1 aliphatic rings. The zero-order chi connectivity index (χ0) is 13.0. The first-order valence-electron chi connectivity index (χ1n) is 7.26. The van der Waals surface area contributed by atoms with E-state index in [1.807, 2.05) is 6.20 Å². The highest BCUT2D eigenvalue weighted by Gasteiger charge is 2.26. The maximum absolute atomic E-state index is 4.36. The predicted molar refractivity (Wildman–Crippen MR) is 74.5 cm³/mol. The van der Waals surface area contributed by atoms with Crippen LogP contribution in [0.3, 0.4) is 0 Å². The molecule has 0 bridgehead atoms. The summed E-state index contributed by atoms with van der Waals surface area (Å²) >= 11 is 0. The average molecular weight is 250 g/mol. The Morgan fingerprint density at radius 1 is 1.33 bits per heavy atom. The molecule has 1 fully saturated rings. The average Bonchev–Trinajstić information content (AvgIpc) is 2.86. The van der Waals surface area contributed by atoms with Crippen LogP contribution in [0.25, 0.3) is 0 Å². The van der Waals surface area contributed by atoms with Crippen molar-refractivity contribution in [2.75, 3.05) is 13.1 Å². The highest BCUT2D eigenvalue weighted by atomic mass is 15.3. The van der Waals surface area contributed by atoms with Crippen LogP contribution in [-0.2, 0) is 13.1 Å². The van der Waals surface area contributed by atoms with E-state index in [-0.39, 0.29) is 0 Å². The quantitative estimate of drug-likeness (QED) is 0.866. The van der Waals surface area contributed by atoms with Gasteiger partial charge in [-0.3, -0.25) is 9.58 Å². The van der Waals surface area contributed by atoms with Crippen LogP contribution < -0.4 is 5.32 Å². The van der Waals surface area contributed by atoms with Crippen LogP contribution in [0, 0.1) is 0 Å². The smallest absolute Gasteiger partial charge is 0.0524 e. The van der Waals surface area contributed by atoms with E-state index >= 15 is 0 Å². The van der Waals surface area contributed by atoms with Crippen LogP contribution >= 0.6 is 0 Å². The van der Waals surface area contributed by atoms with Crippen molar-refractivity contribution in [1.29, 1.82) is 0 Å². The van der Waals surface area contributed by atoms with E-state index < -0.39 is 0 Å². The van der Waals surface area contributed by atoms with Gasteiger partial charge in [0.15, 0.2) is 0 Å². The third-order valence-corrected chi connectivity index (χ3v) is 4.05. The van der Waals surface area contributed by atoms with Crippen LogP contribution in [-0.4, -0.2) is 39.9 Å². The molecule has 1 aliphatic heterocycles. The molecule has 1 aromatic rings. The summed E-state index contributed by atoms with van der Waals surface area (Å²) in [5.41, 5.74) is 1.34. The summed E-state index contributed by atoms with van der Waals surface area (Å²) in [6.07, 6.45) is 4.34. The van der Waals surface area contributed by atoms with Gasteiger partial charge in [-0.2, -0.15) is 5.10 Å². The SMILES string of the molecule is CCC1CN(Cc2ccnn2CC)C(CC)CN1. The number of nitrogens with zero attached hydrogens (tertiary/aromatic N) is 3. The molecule has 0 radical (unpaired) electrons. The van der Waals surface area contributed by atoms with Crippen LogP contribution in [0.4, 0.5) is 0 Å². The fraction of sp³-hybridized carbons (Fsp3) is 0.786. The Balaban J connectivity index is 2.04. The minimum Gasteiger partial charge on any atom is -0.311 e. The molecule has 102 valence electrons. The Bertz CT molecular complexity index is 360. The van der Waals surface area contributed by atoms with Gasteiger partial charge in [0, 0.05) is 44.5 Å². The monoisotopic (exact) mass is 250 g/mol. The van der Waals surface area contributed by atoms with Gasteiger partial charge >= 0.3 is 0 Å². The zero-order valence-electron chi connectivity index (χ0n) is 11.9. The van der Waals surface area contributed by atoms with Crippen molar-refractivity contribution in [1.82, 2.24) is 20.0 Å². The molecule has 18 heavy (non-hydrogen) atoms. The van der Waals surface area contributed by atoms with E-state index in [0.29, 0.717) is 12.1 Å². The van der Waals surface area contributed by atoms with E-state index in [1.54, 1.807) is 0 Å². The first kappa shape index (κ1) is 13.6. The lowest BCUT2D eigenvalue weighted by Gasteiger charge is -2.40. The van der Waals surface area contributed by atoms with E-state index in [9.17, 15) is 0 Å². The third kappa shape index (κ3) is 2.93. The highest BCUT2D eigenvalue weighted by Crippen LogP contribution is 2.15. The van der Waals surface area contributed by atoms with Gasteiger partial charge in [0.25, 0.3) is 0 Å². The lowest BCUT2D eigenvalue weighted by atomic mass is 10.0. The topological polar surface area (TPSA) is 33.1 Å². The molecule has 0 saturated carbocycles. The first-order valence-corrected chi connectivity index (χ1v) is 7.26. The largest absolute Gasteiger partial charge is 0.311 e. The number of nitrogens with one attached hydrogen (secondary N) is 1. The summed E-state index contributed by atoms with van der Waals surface area (Å²) in [6, 6.07) is 3.46. The highest BCUT2D eigenvalue weighted by molar-refractivity contribution is 5.02. The van der Waals surface area contributed by atoms with Gasteiger partial charge in [0.05, 0.1) is 5.69 Å². The molecule has 2 unspecified atom stereocenters. The van der Waals surface area contributed by atoms with Crippen molar-refractivity contribution in [2.24, 2.45) is 0 Å². The molecular formula is C14H26N4. The van der Waals surface area contributed by atoms with E-state index in [4.69, 9.17) is 0 Å². The van der Waals surface area contributed by atoms with Gasteiger partial charge in [-0.15, -0.1) is 0 Å². The molecule has 2 atom stereocenters. The van der Waals surface area contributed by atoms with Crippen molar-refractivity contribution in [3.63, 3.8) is 0 Å². The van der Waals surface area contributed by atoms with Gasteiger partial charge in [-0.25, -0.2) is 0 Å². The Hall–Kier alpha value is -0.870. The third-order valence-electron chi connectivity index (χ3n) is 4.05. The summed E-state index contributed by atoms with van der Waals surface area (Å²) in [5, 5.41) is 8.01. The van der Waals surface area contributed by atoms with Crippen molar-refractivity contribution in [3.8, 4) is 0 Å². The van der Waals surface area contributed by atoms with Gasteiger partial charge in [-0.1, -0.05) is 13.8 Å². The Labute approximate surface area is 110 Å². The molecule has 0 spiro atoms. The standard InChI is InChI=1S/C14H26N4/c1-4-12-10-17(13(5-2)9-15-12)11-14-7-8-16-18(14)6-3/h7-8,12-13,15H,4-6,9-11H2,1-3H3. The van der Waals surface area contributed by atoms with Crippen LogP contribution in [0.5, 0.6) is 0 Å². The van der Waals surface area contributed by atoms with Crippen molar-refractivity contribution in [2.45, 2.75) is 58.8 Å². The van der Waals surface area contributed by atoms with Gasteiger partial charge in [0.1, 0.15) is 0 Å². The maximum atomic E-state index is 4.36. The molecule has 1 aromatic heterocycles. The summed E-state index contributed by atoms with van der Waals surface area (Å²) in [7, 11) is 0. The number of aryl methyl sites for hydroxylation is 1. The predicted octanol–water partition coefficient (Wildman–Crippen LogP) is 1.87. The fourth-order valence-corrected chi connectivity index (χ4v) is 2.79. The first-order chi connectivity index (χ1) is 8.78.